The van der Waals surface area contributed by atoms with Crippen molar-refractivity contribution in [2.75, 3.05) is 0 Å². The number of phenolic OH excluding ortho intramolecular Hbond substituents is 1. The molecule has 0 aliphatic carbocycles. The molecule has 26 heavy (non-hydrogen) atoms. The Kier molecular flexibility index (Phi) is 6.13. The number of aliphatic carboxylic acids is 1. The highest BCUT2D eigenvalue weighted by Gasteiger charge is 2.48. The molecule has 1 aromatic carbocycles. The van der Waals surface area contributed by atoms with Crippen molar-refractivity contribution in [1.29, 1.82) is 0 Å². The van der Waals surface area contributed by atoms with Crippen molar-refractivity contribution >= 4 is 5.97 Å². The molecule has 0 spiro atoms. The van der Waals surface area contributed by atoms with Crippen LogP contribution in [0.5, 0.6) is 11.5 Å². The maximum atomic E-state index is 11.2. The number of aliphatic hydroxyl groups excluding tert-OH is 3. The lowest BCUT2D eigenvalue weighted by molar-refractivity contribution is -0.271. The first-order valence-electron chi connectivity index (χ1n) is 8.50. The van der Waals surface area contributed by atoms with Gasteiger partial charge < -0.3 is 35.0 Å². The lowest BCUT2D eigenvalue weighted by atomic mass is 9.93. The maximum absolute atomic E-state index is 11.2. The highest BCUT2D eigenvalue weighted by molar-refractivity contribution is 5.73. The van der Waals surface area contributed by atoms with Crippen molar-refractivity contribution in [3.05, 3.63) is 23.3 Å². The van der Waals surface area contributed by atoms with Gasteiger partial charge in [0, 0.05) is 11.1 Å². The molecular formula is C18H26O8. The molecule has 0 amide bonds. The summed E-state index contributed by atoms with van der Waals surface area (Å²) in [6.07, 6.45) is -8.37. The summed E-state index contributed by atoms with van der Waals surface area (Å²) in [5, 5.41) is 49.2. The van der Waals surface area contributed by atoms with Gasteiger partial charge in [-0.05, 0) is 24.0 Å². The normalized spacial score (nSPS) is 29.2. The molecule has 0 aromatic heterocycles. The van der Waals surface area contributed by atoms with Gasteiger partial charge in [-0.3, -0.25) is 0 Å². The van der Waals surface area contributed by atoms with E-state index in [2.05, 4.69) is 0 Å². The minimum atomic E-state index is -1.78. The van der Waals surface area contributed by atoms with Gasteiger partial charge in [0.25, 0.3) is 0 Å². The topological polar surface area (TPSA) is 137 Å². The molecule has 1 aliphatic rings. The molecule has 1 heterocycles. The van der Waals surface area contributed by atoms with Crippen LogP contribution in [0, 0.1) is 0 Å². The number of carboxylic acid groups (broad SMARTS) is 1. The van der Waals surface area contributed by atoms with E-state index >= 15 is 0 Å². The van der Waals surface area contributed by atoms with Crippen molar-refractivity contribution in [1.82, 2.24) is 0 Å². The molecule has 1 aromatic rings. The van der Waals surface area contributed by atoms with Gasteiger partial charge in [0.1, 0.15) is 29.8 Å². The maximum Gasteiger partial charge on any atom is 0.335 e. The average Bonchev–Trinajstić information content (AvgIpc) is 2.55. The first-order chi connectivity index (χ1) is 12.0. The largest absolute Gasteiger partial charge is 0.507 e. The van der Waals surface area contributed by atoms with Crippen molar-refractivity contribution in [2.45, 2.75) is 70.2 Å². The summed E-state index contributed by atoms with van der Waals surface area (Å²) in [5.74, 6) is -1.08. The van der Waals surface area contributed by atoms with E-state index in [0.29, 0.717) is 11.1 Å². The Morgan fingerprint density at radius 1 is 1.00 bits per heavy atom. The first-order valence-corrected chi connectivity index (χ1v) is 8.50. The molecule has 1 unspecified atom stereocenters. The number of benzene rings is 1. The number of carboxylic acids is 1. The second-order valence-corrected chi connectivity index (χ2v) is 7.11. The zero-order valence-corrected chi connectivity index (χ0v) is 15.2. The third-order valence-corrected chi connectivity index (χ3v) is 4.45. The highest BCUT2D eigenvalue weighted by Crippen LogP contribution is 2.38. The van der Waals surface area contributed by atoms with Crippen LogP contribution in [0.1, 0.15) is 50.7 Å². The van der Waals surface area contributed by atoms with E-state index < -0.39 is 36.7 Å². The lowest BCUT2D eigenvalue weighted by Gasteiger charge is -2.38. The number of ether oxygens (including phenoxy) is 2. The van der Waals surface area contributed by atoms with Crippen molar-refractivity contribution in [2.24, 2.45) is 0 Å². The van der Waals surface area contributed by atoms with E-state index in [1.165, 1.54) is 0 Å². The zero-order chi connectivity index (χ0) is 19.8. The monoisotopic (exact) mass is 370 g/mol. The Morgan fingerprint density at radius 3 is 1.92 bits per heavy atom. The van der Waals surface area contributed by atoms with Gasteiger partial charge >= 0.3 is 5.97 Å². The van der Waals surface area contributed by atoms with Crippen LogP contribution in [0.4, 0.5) is 0 Å². The Morgan fingerprint density at radius 2 is 1.50 bits per heavy atom. The molecule has 8 nitrogen and oxygen atoms in total. The van der Waals surface area contributed by atoms with Crippen LogP contribution in [-0.2, 0) is 9.53 Å². The van der Waals surface area contributed by atoms with E-state index in [-0.39, 0.29) is 23.3 Å². The molecule has 5 N–H and O–H groups in total. The van der Waals surface area contributed by atoms with E-state index in [9.17, 15) is 25.2 Å². The van der Waals surface area contributed by atoms with Crippen LogP contribution in [-0.4, -0.2) is 62.2 Å². The van der Waals surface area contributed by atoms with Crippen LogP contribution < -0.4 is 4.74 Å². The molecular weight excluding hydrogens is 344 g/mol. The van der Waals surface area contributed by atoms with Gasteiger partial charge in [0.05, 0.1) is 0 Å². The average molecular weight is 370 g/mol. The second-order valence-electron chi connectivity index (χ2n) is 7.11. The molecule has 2 rings (SSSR count). The third kappa shape index (κ3) is 3.93. The quantitative estimate of drug-likeness (QED) is 0.516. The van der Waals surface area contributed by atoms with Gasteiger partial charge in [-0.1, -0.05) is 27.7 Å². The third-order valence-electron chi connectivity index (χ3n) is 4.45. The number of hydrogen-bond donors (Lipinski definition) is 5. The Bertz CT molecular complexity index is 628. The van der Waals surface area contributed by atoms with Crippen molar-refractivity contribution in [3.63, 3.8) is 0 Å². The minimum absolute atomic E-state index is 0.00701. The number of carbonyl (C=O) groups is 1. The number of phenols is 1. The van der Waals surface area contributed by atoms with Crippen LogP contribution in [0.25, 0.3) is 0 Å². The highest BCUT2D eigenvalue weighted by atomic mass is 16.7. The van der Waals surface area contributed by atoms with Gasteiger partial charge in [-0.15, -0.1) is 0 Å². The number of aromatic hydroxyl groups is 1. The van der Waals surface area contributed by atoms with Gasteiger partial charge in [-0.2, -0.15) is 0 Å². The summed E-state index contributed by atoms with van der Waals surface area (Å²) in [6.45, 7) is 7.59. The summed E-state index contributed by atoms with van der Waals surface area (Å²) >= 11 is 0. The lowest BCUT2D eigenvalue weighted by Crippen LogP contribution is -2.61. The SMILES string of the molecule is CC(C)c1cc(OC2O[C@H](C(=O)O)[C@@H](O)[C@H](O)[C@H]2O)cc(C(C)C)c1O. The van der Waals surface area contributed by atoms with Gasteiger partial charge in [0.2, 0.25) is 6.29 Å². The molecule has 146 valence electrons. The molecule has 5 atom stereocenters. The first kappa shape index (κ1) is 20.4. The summed E-state index contributed by atoms with van der Waals surface area (Å²) in [5.41, 5.74) is 1.26. The zero-order valence-electron chi connectivity index (χ0n) is 15.2. The summed E-state index contributed by atoms with van der Waals surface area (Å²) in [7, 11) is 0. The Hall–Kier alpha value is -1.87. The predicted molar refractivity (Wildman–Crippen MR) is 91.2 cm³/mol. The summed E-state index contributed by atoms with van der Waals surface area (Å²) in [6, 6.07) is 3.16. The molecule has 1 aliphatic heterocycles. The molecule has 8 heteroatoms. The van der Waals surface area contributed by atoms with Crippen LogP contribution >= 0.6 is 0 Å². The van der Waals surface area contributed by atoms with E-state index in [1.807, 2.05) is 27.7 Å². The minimum Gasteiger partial charge on any atom is -0.507 e. The second kappa shape index (κ2) is 7.79. The predicted octanol–water partition coefficient (Wildman–Crippen LogP) is 0.910. The Balaban J connectivity index is 2.35. The van der Waals surface area contributed by atoms with Crippen LogP contribution in [0.3, 0.4) is 0 Å². The molecule has 0 saturated carbocycles. The van der Waals surface area contributed by atoms with Gasteiger partial charge in [0.15, 0.2) is 6.10 Å². The number of hydrogen-bond acceptors (Lipinski definition) is 7. The van der Waals surface area contributed by atoms with E-state index in [0.717, 1.165) is 0 Å². The Labute approximate surface area is 151 Å². The van der Waals surface area contributed by atoms with Crippen LogP contribution in [0.15, 0.2) is 12.1 Å². The fourth-order valence-corrected chi connectivity index (χ4v) is 2.88. The standard InChI is InChI=1S/C18H26O8/c1-7(2)10-5-9(6-11(8(3)4)12(10)19)25-18-15(22)13(20)14(21)16(26-18)17(23)24/h5-8,13-16,18-22H,1-4H3,(H,23,24)/t13-,14-,15+,16-,18?/m0/s1. The molecule has 1 saturated heterocycles. The van der Waals surface area contributed by atoms with E-state index in [1.54, 1.807) is 12.1 Å². The number of rotatable bonds is 5. The van der Waals surface area contributed by atoms with Gasteiger partial charge in [-0.25, -0.2) is 4.79 Å². The van der Waals surface area contributed by atoms with Crippen LogP contribution in [0.2, 0.25) is 0 Å². The van der Waals surface area contributed by atoms with Crippen molar-refractivity contribution in [3.8, 4) is 11.5 Å². The molecule has 1 fully saturated rings. The fraction of sp³-hybridized carbons (Fsp3) is 0.611. The molecule has 0 bridgehead atoms. The fourth-order valence-electron chi connectivity index (χ4n) is 2.88. The smallest absolute Gasteiger partial charge is 0.335 e. The molecule has 0 radical (unpaired) electrons. The summed E-state index contributed by atoms with van der Waals surface area (Å²) in [4.78, 5) is 11.2. The number of aliphatic hydroxyl groups is 3. The van der Waals surface area contributed by atoms with Crippen molar-refractivity contribution < 1.29 is 39.8 Å². The van der Waals surface area contributed by atoms with E-state index in [4.69, 9.17) is 14.6 Å². The summed E-state index contributed by atoms with van der Waals surface area (Å²) < 4.78 is 10.7.